The third-order valence-corrected chi connectivity index (χ3v) is 13.6. The first-order chi connectivity index (χ1) is 30.7. The molecular weight excluding hydrogens is 749 g/mol. The van der Waals surface area contributed by atoms with Gasteiger partial charge < -0.3 is 9.13 Å². The van der Waals surface area contributed by atoms with E-state index in [1.807, 2.05) is 0 Å². The summed E-state index contributed by atoms with van der Waals surface area (Å²) in [6, 6.07) is 81.2. The van der Waals surface area contributed by atoms with Gasteiger partial charge in [0.25, 0.3) is 0 Å². The van der Waals surface area contributed by atoms with Crippen LogP contribution in [-0.4, -0.2) is 9.13 Å². The van der Waals surface area contributed by atoms with E-state index in [-0.39, 0.29) is 0 Å². The minimum Gasteiger partial charge on any atom is -0.309 e. The Balaban J connectivity index is 0.958. The number of rotatable bonds is 4. The van der Waals surface area contributed by atoms with Crippen molar-refractivity contribution in [3.8, 4) is 55.9 Å². The average Bonchev–Trinajstić information content (AvgIpc) is 3.97. The highest BCUT2D eigenvalue weighted by Gasteiger charge is 2.22. The number of benzene rings is 11. The molecule has 0 fully saturated rings. The zero-order valence-electron chi connectivity index (χ0n) is 33.7. The first-order valence-electron chi connectivity index (χ1n) is 21.5. The molecular formula is C60H36N2. The molecule has 0 unspecified atom stereocenters. The Morgan fingerprint density at radius 1 is 0.242 bits per heavy atom. The fourth-order valence-corrected chi connectivity index (χ4v) is 10.8. The van der Waals surface area contributed by atoms with Gasteiger partial charge in [0.15, 0.2) is 0 Å². The fraction of sp³-hybridized carbons (Fsp3) is 0. The van der Waals surface area contributed by atoms with Crippen molar-refractivity contribution in [1.82, 2.24) is 9.13 Å². The van der Waals surface area contributed by atoms with Crippen molar-refractivity contribution in [3.63, 3.8) is 0 Å². The summed E-state index contributed by atoms with van der Waals surface area (Å²) in [7, 11) is 0. The summed E-state index contributed by atoms with van der Waals surface area (Å²) in [5.74, 6) is 0. The second-order valence-electron chi connectivity index (χ2n) is 16.9. The van der Waals surface area contributed by atoms with Crippen LogP contribution in [0, 0.1) is 0 Å². The lowest BCUT2D eigenvalue weighted by Crippen LogP contribution is -1.95. The summed E-state index contributed by atoms with van der Waals surface area (Å²) in [4.78, 5) is 0. The maximum Gasteiger partial charge on any atom is 0.0619 e. The third-order valence-electron chi connectivity index (χ3n) is 13.6. The monoisotopic (exact) mass is 784 g/mol. The van der Waals surface area contributed by atoms with Gasteiger partial charge in [0, 0.05) is 38.3 Å². The second-order valence-corrected chi connectivity index (χ2v) is 16.9. The van der Waals surface area contributed by atoms with E-state index in [9.17, 15) is 0 Å². The quantitative estimate of drug-likeness (QED) is 0.168. The molecule has 0 saturated heterocycles. The lowest BCUT2D eigenvalue weighted by atomic mass is 9.96. The van der Waals surface area contributed by atoms with E-state index in [2.05, 4.69) is 228 Å². The van der Waals surface area contributed by atoms with Crippen LogP contribution in [0.2, 0.25) is 0 Å². The second kappa shape index (κ2) is 12.7. The maximum absolute atomic E-state index is 2.51. The van der Waals surface area contributed by atoms with Crippen molar-refractivity contribution >= 4 is 75.9 Å². The van der Waals surface area contributed by atoms with Crippen molar-refractivity contribution in [2.24, 2.45) is 0 Å². The SMILES string of the molecule is c1ccc(-n2c3ccccc3c3ccc(-c4ccc5c6ccc7ccccc7c6n(-c6ccc7ccc(-c8ccc9c(c8)-c8cccc%10cccc-9c8%10)cc7c6)c5c4)cc32)cc1. The zero-order chi connectivity index (χ0) is 40.5. The topological polar surface area (TPSA) is 9.86 Å². The number of aromatic nitrogens is 2. The first-order valence-corrected chi connectivity index (χ1v) is 21.5. The Morgan fingerprint density at radius 2 is 0.823 bits per heavy atom. The Morgan fingerprint density at radius 3 is 1.66 bits per heavy atom. The molecule has 1 aliphatic carbocycles. The van der Waals surface area contributed by atoms with Gasteiger partial charge in [-0.05, 0) is 126 Å². The molecule has 0 spiro atoms. The van der Waals surface area contributed by atoms with Crippen LogP contribution in [0.4, 0.5) is 0 Å². The van der Waals surface area contributed by atoms with Crippen molar-refractivity contribution < 1.29 is 0 Å². The largest absolute Gasteiger partial charge is 0.309 e. The molecule has 0 N–H and O–H groups in total. The summed E-state index contributed by atoms with van der Waals surface area (Å²) in [5, 5.41) is 12.6. The normalized spacial score (nSPS) is 12.2. The van der Waals surface area contributed by atoms with Gasteiger partial charge in [-0.25, -0.2) is 0 Å². The Kier molecular flexibility index (Phi) is 6.86. The van der Waals surface area contributed by atoms with Crippen molar-refractivity contribution in [1.29, 1.82) is 0 Å². The molecule has 0 bridgehead atoms. The van der Waals surface area contributed by atoms with Crippen molar-refractivity contribution in [3.05, 3.63) is 218 Å². The van der Waals surface area contributed by atoms with Gasteiger partial charge in [-0.1, -0.05) is 164 Å². The Hall–Kier alpha value is -8.20. The summed E-state index contributed by atoms with van der Waals surface area (Å²) in [6.07, 6.45) is 0. The maximum atomic E-state index is 2.51. The van der Waals surface area contributed by atoms with Gasteiger partial charge >= 0.3 is 0 Å². The van der Waals surface area contributed by atoms with Gasteiger partial charge in [-0.2, -0.15) is 0 Å². The van der Waals surface area contributed by atoms with E-state index in [0.717, 1.165) is 11.4 Å². The standard InChI is InChI=1S/C60H36N2/c1-2-13-45(14-3-1)61-56-19-7-6-16-49(56)50-29-25-42(35-57(50)61)43-26-30-51-54-31-23-38-10-4-5-15-47(38)60(54)62(58(51)36-43)46-27-22-37-20-21-40(32-44(37)33-46)41-24-28-48-52-17-8-11-39-12-9-18-53(59(39)52)55(48)34-41/h1-36H. The molecule has 11 aromatic carbocycles. The fourth-order valence-electron chi connectivity index (χ4n) is 10.8. The van der Waals surface area contributed by atoms with E-state index in [1.54, 1.807) is 0 Å². The molecule has 13 aromatic rings. The molecule has 62 heavy (non-hydrogen) atoms. The molecule has 14 rings (SSSR count). The molecule has 2 nitrogen and oxygen atoms in total. The zero-order valence-corrected chi connectivity index (χ0v) is 33.7. The lowest BCUT2D eigenvalue weighted by molar-refractivity contribution is 1.18. The molecule has 0 amide bonds. The van der Waals surface area contributed by atoms with Gasteiger partial charge in [0.05, 0.1) is 22.1 Å². The summed E-state index contributed by atoms with van der Waals surface area (Å²) in [5.41, 5.74) is 17.3. The van der Waals surface area contributed by atoms with E-state index in [4.69, 9.17) is 0 Å². The molecule has 2 aromatic heterocycles. The molecule has 0 atom stereocenters. The molecule has 2 heteroatoms. The number of hydrogen-bond donors (Lipinski definition) is 0. The van der Waals surface area contributed by atoms with Crippen LogP contribution in [0.3, 0.4) is 0 Å². The smallest absolute Gasteiger partial charge is 0.0619 e. The molecule has 286 valence electrons. The van der Waals surface area contributed by atoms with Crippen LogP contribution >= 0.6 is 0 Å². The van der Waals surface area contributed by atoms with Crippen LogP contribution < -0.4 is 0 Å². The number of fused-ring (bicyclic) bond motifs is 12. The van der Waals surface area contributed by atoms with Crippen LogP contribution in [0.15, 0.2) is 218 Å². The van der Waals surface area contributed by atoms with Crippen molar-refractivity contribution in [2.45, 2.75) is 0 Å². The van der Waals surface area contributed by atoms with Crippen LogP contribution in [0.5, 0.6) is 0 Å². The number of hydrogen-bond acceptors (Lipinski definition) is 0. The van der Waals surface area contributed by atoms with E-state index >= 15 is 0 Å². The van der Waals surface area contributed by atoms with Gasteiger partial charge in [-0.15, -0.1) is 0 Å². The molecule has 0 radical (unpaired) electrons. The minimum absolute atomic E-state index is 1.15. The predicted octanol–water partition coefficient (Wildman–Crippen LogP) is 16.3. The highest BCUT2D eigenvalue weighted by Crippen LogP contribution is 2.48. The van der Waals surface area contributed by atoms with E-state index < -0.39 is 0 Å². The Labute approximate surface area is 357 Å². The number of nitrogens with zero attached hydrogens (tertiary/aromatic N) is 2. The highest BCUT2D eigenvalue weighted by molar-refractivity contribution is 6.20. The molecule has 0 aliphatic heterocycles. The van der Waals surface area contributed by atoms with Gasteiger partial charge in [0.2, 0.25) is 0 Å². The minimum atomic E-state index is 1.15. The average molecular weight is 785 g/mol. The lowest BCUT2D eigenvalue weighted by Gasteiger charge is -2.13. The molecule has 1 aliphatic rings. The highest BCUT2D eigenvalue weighted by atomic mass is 15.0. The Bertz CT molecular complexity index is 4030. The summed E-state index contributed by atoms with van der Waals surface area (Å²) >= 11 is 0. The van der Waals surface area contributed by atoms with Crippen LogP contribution in [-0.2, 0) is 0 Å². The van der Waals surface area contributed by atoms with Crippen LogP contribution in [0.1, 0.15) is 0 Å². The number of para-hydroxylation sites is 2. The van der Waals surface area contributed by atoms with E-state index in [1.165, 1.54) is 120 Å². The van der Waals surface area contributed by atoms with Gasteiger partial charge in [0.1, 0.15) is 0 Å². The summed E-state index contributed by atoms with van der Waals surface area (Å²) < 4.78 is 4.91. The summed E-state index contributed by atoms with van der Waals surface area (Å²) in [6.45, 7) is 0. The molecule has 0 saturated carbocycles. The first kappa shape index (κ1) is 33.6. The third kappa shape index (κ3) is 4.75. The van der Waals surface area contributed by atoms with E-state index in [0.29, 0.717) is 0 Å². The van der Waals surface area contributed by atoms with Crippen molar-refractivity contribution in [2.75, 3.05) is 0 Å². The molecule has 2 heterocycles. The van der Waals surface area contributed by atoms with Gasteiger partial charge in [-0.3, -0.25) is 0 Å². The predicted molar refractivity (Wildman–Crippen MR) is 263 cm³/mol. The van der Waals surface area contributed by atoms with Crippen LogP contribution in [0.25, 0.3) is 132 Å².